The van der Waals surface area contributed by atoms with Crippen molar-refractivity contribution in [2.75, 3.05) is 0 Å². The summed E-state index contributed by atoms with van der Waals surface area (Å²) in [6.45, 7) is 4.50. The Bertz CT molecular complexity index is 403. The molecular weight excluding hydrogens is 180 g/mol. The maximum Gasteiger partial charge on any atom is 0.328 e. The normalized spacial score (nSPS) is 10.4. The number of nitrogens with one attached hydrogen (secondary N) is 1. The number of aryl methyl sites for hydroxylation is 2. The largest absolute Gasteiger partial charge is 0.328 e. The van der Waals surface area contributed by atoms with E-state index in [4.69, 9.17) is 0 Å². The van der Waals surface area contributed by atoms with E-state index >= 15 is 0 Å². The van der Waals surface area contributed by atoms with E-state index in [1.165, 1.54) is 0 Å². The molecule has 0 saturated heterocycles. The lowest BCUT2D eigenvalue weighted by molar-refractivity contribution is 0.572. The highest BCUT2D eigenvalue weighted by Gasteiger charge is 1.99. The number of H-pyrrole nitrogens is 1. The van der Waals surface area contributed by atoms with Gasteiger partial charge < -0.3 is 4.57 Å². The van der Waals surface area contributed by atoms with Crippen molar-refractivity contribution in [2.24, 2.45) is 0 Å². The second kappa shape index (κ2) is 4.79. The molecule has 1 aromatic rings. The Labute approximate surface area is 82.6 Å². The third-order valence-electron chi connectivity index (χ3n) is 2.19. The van der Waals surface area contributed by atoms with Crippen molar-refractivity contribution in [3.63, 3.8) is 0 Å². The zero-order valence-electron chi connectivity index (χ0n) is 8.67. The Morgan fingerprint density at radius 3 is 2.71 bits per heavy atom. The molecule has 0 aliphatic heterocycles. The monoisotopic (exact) mass is 196 g/mol. The molecule has 4 heteroatoms. The van der Waals surface area contributed by atoms with Gasteiger partial charge in [0.25, 0.3) is 5.56 Å². The van der Waals surface area contributed by atoms with Crippen LogP contribution in [-0.2, 0) is 6.54 Å². The van der Waals surface area contributed by atoms with Gasteiger partial charge in [-0.3, -0.25) is 9.78 Å². The molecule has 0 saturated carbocycles. The van der Waals surface area contributed by atoms with Crippen LogP contribution in [0.15, 0.2) is 15.8 Å². The molecule has 0 amide bonds. The van der Waals surface area contributed by atoms with Crippen molar-refractivity contribution >= 4 is 0 Å². The molecule has 0 fully saturated rings. The van der Waals surface area contributed by atoms with Gasteiger partial charge in [-0.1, -0.05) is 19.8 Å². The van der Waals surface area contributed by atoms with E-state index in [-0.39, 0.29) is 11.2 Å². The van der Waals surface area contributed by atoms with Gasteiger partial charge in [-0.25, -0.2) is 4.79 Å². The van der Waals surface area contributed by atoms with E-state index in [2.05, 4.69) is 11.9 Å². The van der Waals surface area contributed by atoms with Crippen LogP contribution in [0.4, 0.5) is 0 Å². The van der Waals surface area contributed by atoms with Crippen LogP contribution in [0.25, 0.3) is 0 Å². The lowest BCUT2D eigenvalue weighted by Crippen LogP contribution is -2.30. The van der Waals surface area contributed by atoms with Crippen LogP contribution in [0.2, 0.25) is 0 Å². The van der Waals surface area contributed by atoms with Gasteiger partial charge in [0, 0.05) is 18.3 Å². The number of nitrogens with zero attached hydrogens (tertiary/aromatic N) is 1. The minimum Gasteiger partial charge on any atom is -0.300 e. The van der Waals surface area contributed by atoms with Crippen LogP contribution in [0.5, 0.6) is 0 Å². The molecule has 0 atom stereocenters. The zero-order chi connectivity index (χ0) is 10.6. The van der Waals surface area contributed by atoms with Crippen LogP contribution in [0, 0.1) is 6.92 Å². The highest BCUT2D eigenvalue weighted by atomic mass is 16.2. The van der Waals surface area contributed by atoms with Gasteiger partial charge in [-0.2, -0.15) is 0 Å². The van der Waals surface area contributed by atoms with Crippen LogP contribution in [0.1, 0.15) is 31.7 Å². The second-order valence-electron chi connectivity index (χ2n) is 3.47. The molecule has 1 N–H and O–H groups in total. The van der Waals surface area contributed by atoms with Gasteiger partial charge in [0.1, 0.15) is 0 Å². The minimum atomic E-state index is -0.309. The Morgan fingerprint density at radius 1 is 1.36 bits per heavy atom. The molecule has 0 spiro atoms. The average Bonchev–Trinajstić information content (AvgIpc) is 2.14. The first-order chi connectivity index (χ1) is 6.65. The molecule has 0 aromatic carbocycles. The molecule has 0 aliphatic rings. The molecule has 1 aromatic heterocycles. The summed E-state index contributed by atoms with van der Waals surface area (Å²) in [4.78, 5) is 24.6. The summed E-state index contributed by atoms with van der Waals surface area (Å²) in [6, 6.07) is 0. The number of rotatable bonds is 4. The van der Waals surface area contributed by atoms with Crippen molar-refractivity contribution in [2.45, 2.75) is 39.7 Å². The van der Waals surface area contributed by atoms with Gasteiger partial charge in [0.05, 0.1) is 0 Å². The molecule has 0 unspecified atom stereocenters. The summed E-state index contributed by atoms with van der Waals surface area (Å²) in [5.74, 6) is 0. The van der Waals surface area contributed by atoms with Crippen molar-refractivity contribution in [3.05, 3.63) is 32.6 Å². The molecule has 0 aliphatic carbocycles. The van der Waals surface area contributed by atoms with E-state index in [0.717, 1.165) is 19.3 Å². The van der Waals surface area contributed by atoms with Crippen LogP contribution in [0.3, 0.4) is 0 Å². The van der Waals surface area contributed by atoms with E-state index < -0.39 is 0 Å². The van der Waals surface area contributed by atoms with Crippen molar-refractivity contribution < 1.29 is 0 Å². The summed E-state index contributed by atoms with van der Waals surface area (Å²) in [6.07, 6.45) is 4.82. The lowest BCUT2D eigenvalue weighted by Gasteiger charge is -2.04. The fourth-order valence-electron chi connectivity index (χ4n) is 1.32. The van der Waals surface area contributed by atoms with Crippen molar-refractivity contribution in [1.82, 2.24) is 9.55 Å². The molecule has 0 bridgehead atoms. The van der Waals surface area contributed by atoms with Crippen molar-refractivity contribution in [1.29, 1.82) is 0 Å². The van der Waals surface area contributed by atoms with Crippen LogP contribution in [-0.4, -0.2) is 9.55 Å². The number of hydrogen-bond donors (Lipinski definition) is 1. The summed E-state index contributed by atoms with van der Waals surface area (Å²) in [5.41, 5.74) is -0.0143. The summed E-state index contributed by atoms with van der Waals surface area (Å²) >= 11 is 0. The Hall–Kier alpha value is -1.32. The van der Waals surface area contributed by atoms with E-state index in [1.807, 2.05) is 0 Å². The first-order valence-electron chi connectivity index (χ1n) is 4.95. The average molecular weight is 196 g/mol. The molecule has 78 valence electrons. The van der Waals surface area contributed by atoms with E-state index in [0.29, 0.717) is 12.1 Å². The highest BCUT2D eigenvalue weighted by molar-refractivity contribution is 5.00. The molecule has 1 rings (SSSR count). The van der Waals surface area contributed by atoms with E-state index in [9.17, 15) is 9.59 Å². The van der Waals surface area contributed by atoms with Crippen LogP contribution >= 0.6 is 0 Å². The summed E-state index contributed by atoms with van der Waals surface area (Å²) < 4.78 is 1.56. The van der Waals surface area contributed by atoms with E-state index in [1.54, 1.807) is 17.7 Å². The Balaban J connectivity index is 2.82. The number of hydrogen-bond acceptors (Lipinski definition) is 2. The van der Waals surface area contributed by atoms with Gasteiger partial charge in [0.15, 0.2) is 0 Å². The highest BCUT2D eigenvalue weighted by Crippen LogP contribution is 1.96. The minimum absolute atomic E-state index is 0.290. The maximum absolute atomic E-state index is 11.3. The second-order valence-corrected chi connectivity index (χ2v) is 3.47. The SMILES string of the molecule is CCCCCn1cc(C)c(=O)[nH]c1=O. The van der Waals surface area contributed by atoms with Crippen LogP contribution < -0.4 is 11.2 Å². The number of aromatic amines is 1. The first-order valence-corrected chi connectivity index (χ1v) is 4.95. The number of aromatic nitrogens is 2. The van der Waals surface area contributed by atoms with Gasteiger partial charge in [0.2, 0.25) is 0 Å². The van der Waals surface area contributed by atoms with Gasteiger partial charge in [-0.15, -0.1) is 0 Å². The Kier molecular flexibility index (Phi) is 3.68. The predicted molar refractivity (Wildman–Crippen MR) is 55.6 cm³/mol. The topological polar surface area (TPSA) is 54.9 Å². The zero-order valence-corrected chi connectivity index (χ0v) is 8.67. The number of unbranched alkanes of at least 4 members (excludes halogenated alkanes) is 2. The van der Waals surface area contributed by atoms with Crippen molar-refractivity contribution in [3.8, 4) is 0 Å². The standard InChI is InChI=1S/C10H16N2O2/c1-3-4-5-6-12-7-8(2)9(13)11-10(12)14/h7H,3-6H2,1-2H3,(H,11,13,14). The smallest absolute Gasteiger partial charge is 0.300 e. The molecule has 4 nitrogen and oxygen atoms in total. The molecule has 1 heterocycles. The summed E-state index contributed by atoms with van der Waals surface area (Å²) in [5, 5.41) is 0. The predicted octanol–water partition coefficient (Wildman–Crippen LogP) is 1.04. The molecule has 0 radical (unpaired) electrons. The first kappa shape index (κ1) is 10.8. The lowest BCUT2D eigenvalue weighted by atomic mass is 10.2. The van der Waals surface area contributed by atoms with Gasteiger partial charge in [-0.05, 0) is 13.3 Å². The fraction of sp³-hybridized carbons (Fsp3) is 0.600. The Morgan fingerprint density at radius 2 is 2.07 bits per heavy atom. The quantitative estimate of drug-likeness (QED) is 0.731. The third-order valence-corrected chi connectivity index (χ3v) is 2.19. The van der Waals surface area contributed by atoms with Gasteiger partial charge >= 0.3 is 5.69 Å². The summed E-state index contributed by atoms with van der Waals surface area (Å²) in [7, 11) is 0. The fourth-order valence-corrected chi connectivity index (χ4v) is 1.32. The molecular formula is C10H16N2O2. The molecule has 14 heavy (non-hydrogen) atoms. The third kappa shape index (κ3) is 2.58. The maximum atomic E-state index is 11.3.